The molecule has 1 saturated heterocycles. The molecule has 2 aromatic rings. The average Bonchev–Trinajstić information content (AvgIpc) is 2.73. The van der Waals surface area contributed by atoms with Crippen molar-refractivity contribution in [2.24, 2.45) is 11.8 Å². The van der Waals surface area contributed by atoms with Crippen molar-refractivity contribution in [2.45, 2.75) is 33.6 Å². The molecule has 0 spiro atoms. The summed E-state index contributed by atoms with van der Waals surface area (Å²) < 4.78 is 18.8. The Kier molecular flexibility index (Phi) is 6.95. The Morgan fingerprint density at radius 2 is 1.97 bits per heavy atom. The van der Waals surface area contributed by atoms with Gasteiger partial charge in [-0.1, -0.05) is 13.0 Å². The van der Waals surface area contributed by atoms with Gasteiger partial charge in [0, 0.05) is 32.7 Å². The van der Waals surface area contributed by atoms with Crippen LogP contribution in [-0.2, 0) is 9.53 Å². The number of aryl methyl sites for hydroxylation is 1. The topological polar surface area (TPSA) is 45.7 Å². The van der Waals surface area contributed by atoms with E-state index in [9.17, 15) is 9.18 Å². The number of anilines is 2. The number of piperidine rings is 1. The van der Waals surface area contributed by atoms with E-state index in [1.165, 1.54) is 6.07 Å². The van der Waals surface area contributed by atoms with Crippen molar-refractivity contribution in [3.63, 3.8) is 0 Å². The minimum atomic E-state index is -0.227. The molecule has 1 atom stereocenters. The Balaban J connectivity index is 1.82. The molecule has 3 rings (SSSR count). The Bertz CT molecular complexity index is 892. The molecule has 5 nitrogen and oxygen atoms in total. The predicted molar refractivity (Wildman–Crippen MR) is 119 cm³/mol. The summed E-state index contributed by atoms with van der Waals surface area (Å²) in [7, 11) is 3.97. The van der Waals surface area contributed by atoms with Gasteiger partial charge in [-0.25, -0.2) is 9.37 Å². The van der Waals surface area contributed by atoms with E-state index in [4.69, 9.17) is 9.72 Å². The number of carbonyl (C=O) groups excluding carboxylic acids is 1. The molecule has 1 aromatic carbocycles. The number of halogens is 1. The van der Waals surface area contributed by atoms with Gasteiger partial charge in [0.2, 0.25) is 0 Å². The second kappa shape index (κ2) is 9.45. The summed E-state index contributed by atoms with van der Waals surface area (Å²) in [6.45, 7) is 7.87. The molecule has 2 heterocycles. The summed E-state index contributed by atoms with van der Waals surface area (Å²) in [6, 6.07) is 7.01. The van der Waals surface area contributed by atoms with Gasteiger partial charge in [-0.3, -0.25) is 4.79 Å². The van der Waals surface area contributed by atoms with Gasteiger partial charge in [0.1, 0.15) is 11.6 Å². The van der Waals surface area contributed by atoms with E-state index >= 15 is 0 Å². The maximum absolute atomic E-state index is 13.6. The summed E-state index contributed by atoms with van der Waals surface area (Å²) >= 11 is 0. The van der Waals surface area contributed by atoms with Gasteiger partial charge in [0.25, 0.3) is 0 Å². The van der Waals surface area contributed by atoms with Crippen LogP contribution in [0.25, 0.3) is 11.1 Å². The largest absolute Gasteiger partial charge is 0.466 e. The molecule has 0 radical (unpaired) electrons. The van der Waals surface area contributed by atoms with Crippen LogP contribution in [0.1, 0.15) is 32.3 Å². The zero-order valence-electron chi connectivity index (χ0n) is 18.6. The minimum Gasteiger partial charge on any atom is -0.466 e. The van der Waals surface area contributed by atoms with Crippen LogP contribution >= 0.6 is 0 Å². The minimum absolute atomic E-state index is 0.0754. The maximum Gasteiger partial charge on any atom is 0.308 e. The average molecular weight is 414 g/mol. The fraction of sp³-hybridized carbons (Fsp3) is 0.500. The Hall–Kier alpha value is -2.63. The fourth-order valence-corrected chi connectivity index (χ4v) is 4.21. The smallest absolute Gasteiger partial charge is 0.308 e. The van der Waals surface area contributed by atoms with Gasteiger partial charge in [0.15, 0.2) is 0 Å². The van der Waals surface area contributed by atoms with Crippen molar-refractivity contribution in [3.05, 3.63) is 41.8 Å². The van der Waals surface area contributed by atoms with Gasteiger partial charge in [-0.05, 0) is 61.9 Å². The second-order valence-electron chi connectivity index (χ2n) is 8.28. The maximum atomic E-state index is 13.6. The van der Waals surface area contributed by atoms with Crippen molar-refractivity contribution in [3.8, 4) is 11.1 Å². The molecule has 162 valence electrons. The van der Waals surface area contributed by atoms with Crippen LogP contribution in [0.4, 0.5) is 15.9 Å². The predicted octanol–water partition coefficient (Wildman–Crippen LogP) is 4.68. The Morgan fingerprint density at radius 1 is 1.27 bits per heavy atom. The van der Waals surface area contributed by atoms with Crippen LogP contribution in [0.3, 0.4) is 0 Å². The highest BCUT2D eigenvalue weighted by Crippen LogP contribution is 2.36. The molecule has 0 aliphatic carbocycles. The molecular formula is C24H32FN3O2. The Labute approximate surface area is 178 Å². The first-order valence-corrected chi connectivity index (χ1v) is 10.7. The first kappa shape index (κ1) is 22.1. The standard InChI is InChI=1S/C24H32FN3O2/c1-6-30-24(29)17(3)18-9-11-28(12-10-18)23-14-21(22(15-26-23)27(4)5)20-8-7-19(25)13-16(20)2/h7-8,13-15,17-18H,6,9-12H2,1-5H3. The molecule has 1 fully saturated rings. The zero-order chi connectivity index (χ0) is 21.8. The molecule has 30 heavy (non-hydrogen) atoms. The molecule has 1 unspecified atom stereocenters. The highest BCUT2D eigenvalue weighted by molar-refractivity contribution is 5.82. The number of hydrogen-bond acceptors (Lipinski definition) is 5. The van der Waals surface area contributed by atoms with Crippen molar-refractivity contribution in [2.75, 3.05) is 43.6 Å². The van der Waals surface area contributed by atoms with Gasteiger partial charge < -0.3 is 14.5 Å². The van der Waals surface area contributed by atoms with Gasteiger partial charge in [0.05, 0.1) is 24.4 Å². The lowest BCUT2D eigenvalue weighted by Gasteiger charge is -2.35. The fourth-order valence-electron chi connectivity index (χ4n) is 4.21. The van der Waals surface area contributed by atoms with Crippen molar-refractivity contribution >= 4 is 17.5 Å². The van der Waals surface area contributed by atoms with Gasteiger partial charge in [-0.2, -0.15) is 0 Å². The number of benzene rings is 1. The van der Waals surface area contributed by atoms with Crippen LogP contribution in [0, 0.1) is 24.6 Å². The van der Waals surface area contributed by atoms with Gasteiger partial charge >= 0.3 is 5.97 Å². The normalized spacial score (nSPS) is 15.7. The quantitative estimate of drug-likeness (QED) is 0.644. The van der Waals surface area contributed by atoms with Crippen LogP contribution < -0.4 is 9.80 Å². The molecule has 0 N–H and O–H groups in total. The third-order valence-corrected chi connectivity index (χ3v) is 6.06. The highest BCUT2D eigenvalue weighted by Gasteiger charge is 2.29. The number of ether oxygens (including phenoxy) is 1. The summed E-state index contributed by atoms with van der Waals surface area (Å²) in [4.78, 5) is 21.1. The number of rotatable bonds is 6. The number of carbonyl (C=O) groups is 1. The number of hydrogen-bond donors (Lipinski definition) is 0. The molecule has 0 saturated carbocycles. The third kappa shape index (κ3) is 4.74. The lowest BCUT2D eigenvalue weighted by molar-refractivity contribution is -0.149. The Morgan fingerprint density at radius 3 is 2.57 bits per heavy atom. The van der Waals surface area contributed by atoms with E-state index in [0.29, 0.717) is 12.5 Å². The van der Waals surface area contributed by atoms with Crippen molar-refractivity contribution in [1.82, 2.24) is 4.98 Å². The van der Waals surface area contributed by atoms with Crippen molar-refractivity contribution < 1.29 is 13.9 Å². The SMILES string of the molecule is CCOC(=O)C(C)C1CCN(c2cc(-c3ccc(F)cc3C)c(N(C)C)cn2)CC1. The first-order chi connectivity index (χ1) is 14.3. The zero-order valence-corrected chi connectivity index (χ0v) is 18.6. The number of aromatic nitrogens is 1. The molecule has 6 heteroatoms. The monoisotopic (exact) mass is 413 g/mol. The second-order valence-corrected chi connectivity index (χ2v) is 8.28. The lowest BCUT2D eigenvalue weighted by Crippen LogP contribution is -2.38. The number of nitrogens with zero attached hydrogens (tertiary/aromatic N) is 3. The van der Waals surface area contributed by atoms with E-state index in [1.54, 1.807) is 6.07 Å². The first-order valence-electron chi connectivity index (χ1n) is 10.7. The van der Waals surface area contributed by atoms with E-state index in [0.717, 1.165) is 54.1 Å². The van der Waals surface area contributed by atoms with Crippen LogP contribution in [0.15, 0.2) is 30.5 Å². The molecule has 0 amide bonds. The van der Waals surface area contributed by atoms with Crippen molar-refractivity contribution in [1.29, 1.82) is 0 Å². The van der Waals surface area contributed by atoms with E-state index < -0.39 is 0 Å². The molecule has 1 aliphatic heterocycles. The third-order valence-electron chi connectivity index (χ3n) is 6.06. The molecule has 0 bridgehead atoms. The molecular weight excluding hydrogens is 381 g/mol. The van der Waals surface area contributed by atoms with Crippen LogP contribution in [0.2, 0.25) is 0 Å². The van der Waals surface area contributed by atoms with Gasteiger partial charge in [-0.15, -0.1) is 0 Å². The summed E-state index contributed by atoms with van der Waals surface area (Å²) in [5, 5.41) is 0. The molecule has 1 aliphatic rings. The van der Waals surface area contributed by atoms with Crippen LogP contribution in [-0.4, -0.2) is 44.7 Å². The summed E-state index contributed by atoms with van der Waals surface area (Å²) in [5.74, 6) is 0.850. The summed E-state index contributed by atoms with van der Waals surface area (Å²) in [5.41, 5.74) is 3.95. The molecule has 1 aromatic heterocycles. The van der Waals surface area contributed by atoms with E-state index in [1.807, 2.05) is 52.0 Å². The lowest BCUT2D eigenvalue weighted by atomic mass is 9.85. The summed E-state index contributed by atoms with van der Waals surface area (Å²) in [6.07, 6.45) is 3.75. The van der Waals surface area contributed by atoms with Crippen LogP contribution in [0.5, 0.6) is 0 Å². The van der Waals surface area contributed by atoms with E-state index in [2.05, 4.69) is 11.0 Å². The van der Waals surface area contributed by atoms with E-state index in [-0.39, 0.29) is 17.7 Å². The highest BCUT2D eigenvalue weighted by atomic mass is 19.1. The number of pyridine rings is 1. The number of esters is 1.